The quantitative estimate of drug-likeness (QED) is 0.811. The summed E-state index contributed by atoms with van der Waals surface area (Å²) < 4.78 is 11.0. The molecule has 0 fully saturated rings. The van der Waals surface area contributed by atoms with Gasteiger partial charge >= 0.3 is 0 Å². The predicted octanol–water partition coefficient (Wildman–Crippen LogP) is 3.80. The molecule has 0 unspecified atom stereocenters. The van der Waals surface area contributed by atoms with Crippen molar-refractivity contribution < 1.29 is 9.47 Å². The minimum Gasteiger partial charge on any atom is -0.493 e. The Morgan fingerprint density at radius 2 is 1.60 bits per heavy atom. The minimum absolute atomic E-state index is 0.591. The summed E-state index contributed by atoms with van der Waals surface area (Å²) in [5.41, 5.74) is 3.66. The molecule has 106 valence electrons. The van der Waals surface area contributed by atoms with E-state index in [2.05, 4.69) is 37.4 Å². The third-order valence-corrected chi connectivity index (χ3v) is 2.98. The predicted molar refractivity (Wildman–Crippen MR) is 82.9 cm³/mol. The van der Waals surface area contributed by atoms with Crippen molar-refractivity contribution >= 4 is 5.69 Å². The zero-order valence-corrected chi connectivity index (χ0v) is 12.3. The van der Waals surface area contributed by atoms with E-state index in [1.54, 1.807) is 7.11 Å². The Morgan fingerprint density at radius 1 is 0.950 bits per heavy atom. The van der Waals surface area contributed by atoms with Gasteiger partial charge in [-0.2, -0.15) is 0 Å². The number of anilines is 1. The van der Waals surface area contributed by atoms with Gasteiger partial charge in [0.15, 0.2) is 11.5 Å². The molecule has 0 bridgehead atoms. The number of hydrogen-bond donors (Lipinski definition) is 1. The molecule has 0 spiro atoms. The molecule has 0 aliphatic carbocycles. The Labute approximate surface area is 120 Å². The van der Waals surface area contributed by atoms with Crippen molar-refractivity contribution in [2.24, 2.45) is 0 Å². The van der Waals surface area contributed by atoms with Crippen LogP contribution in [0.5, 0.6) is 11.5 Å². The standard InChI is InChI=1S/C17H21NO2/c1-13-10-14(2)12-15(11-13)18-8-9-20-17-7-5-4-6-16(17)19-3/h4-7,10-12,18H,8-9H2,1-3H3. The molecule has 0 saturated heterocycles. The van der Waals surface area contributed by atoms with E-state index in [9.17, 15) is 0 Å². The highest BCUT2D eigenvalue weighted by Crippen LogP contribution is 2.25. The molecule has 3 heteroatoms. The van der Waals surface area contributed by atoms with Crippen LogP contribution in [0, 0.1) is 13.8 Å². The molecule has 0 atom stereocenters. The average Bonchev–Trinajstić information content (AvgIpc) is 2.43. The monoisotopic (exact) mass is 271 g/mol. The van der Waals surface area contributed by atoms with Gasteiger partial charge < -0.3 is 14.8 Å². The van der Waals surface area contributed by atoms with Crippen LogP contribution in [0.25, 0.3) is 0 Å². The number of benzene rings is 2. The zero-order valence-electron chi connectivity index (χ0n) is 12.3. The number of rotatable bonds is 6. The summed E-state index contributed by atoms with van der Waals surface area (Å²) in [6, 6.07) is 14.1. The van der Waals surface area contributed by atoms with Crippen LogP contribution in [0.1, 0.15) is 11.1 Å². The lowest BCUT2D eigenvalue weighted by Crippen LogP contribution is -2.12. The topological polar surface area (TPSA) is 30.5 Å². The molecule has 1 N–H and O–H groups in total. The van der Waals surface area contributed by atoms with E-state index in [1.807, 2.05) is 24.3 Å². The minimum atomic E-state index is 0.591. The molecular formula is C17H21NO2. The number of hydrogen-bond acceptors (Lipinski definition) is 3. The molecule has 0 amide bonds. The first-order valence-corrected chi connectivity index (χ1v) is 6.77. The lowest BCUT2D eigenvalue weighted by atomic mass is 10.1. The summed E-state index contributed by atoms with van der Waals surface area (Å²) >= 11 is 0. The van der Waals surface area contributed by atoms with Crippen LogP contribution >= 0.6 is 0 Å². The number of para-hydroxylation sites is 2. The Balaban J connectivity index is 1.84. The highest BCUT2D eigenvalue weighted by Gasteiger charge is 2.02. The van der Waals surface area contributed by atoms with Crippen LogP contribution < -0.4 is 14.8 Å². The van der Waals surface area contributed by atoms with Gasteiger partial charge in [-0.05, 0) is 49.2 Å². The van der Waals surface area contributed by atoms with Gasteiger partial charge in [-0.3, -0.25) is 0 Å². The van der Waals surface area contributed by atoms with Crippen LogP contribution in [-0.4, -0.2) is 20.3 Å². The second-order valence-electron chi connectivity index (χ2n) is 4.80. The fraction of sp³-hybridized carbons (Fsp3) is 0.294. The van der Waals surface area contributed by atoms with Gasteiger partial charge in [0, 0.05) is 12.2 Å². The van der Waals surface area contributed by atoms with Gasteiger partial charge in [0.05, 0.1) is 7.11 Å². The van der Waals surface area contributed by atoms with E-state index in [0.29, 0.717) is 6.61 Å². The molecule has 2 aromatic carbocycles. The van der Waals surface area contributed by atoms with Crippen molar-refractivity contribution in [2.75, 3.05) is 25.6 Å². The lowest BCUT2D eigenvalue weighted by Gasteiger charge is -2.12. The molecule has 0 radical (unpaired) electrons. The van der Waals surface area contributed by atoms with Crippen molar-refractivity contribution in [3.63, 3.8) is 0 Å². The van der Waals surface area contributed by atoms with E-state index in [0.717, 1.165) is 23.7 Å². The maximum atomic E-state index is 5.72. The van der Waals surface area contributed by atoms with Gasteiger partial charge in [0.1, 0.15) is 6.61 Å². The molecule has 0 aliphatic heterocycles. The van der Waals surface area contributed by atoms with E-state index in [-0.39, 0.29) is 0 Å². The van der Waals surface area contributed by atoms with Gasteiger partial charge in [-0.25, -0.2) is 0 Å². The zero-order chi connectivity index (χ0) is 14.4. The molecule has 0 aliphatic rings. The van der Waals surface area contributed by atoms with E-state index >= 15 is 0 Å². The normalized spacial score (nSPS) is 10.2. The third-order valence-electron chi connectivity index (χ3n) is 2.98. The summed E-state index contributed by atoms with van der Waals surface area (Å²) in [4.78, 5) is 0. The van der Waals surface area contributed by atoms with Crippen LogP contribution in [0.15, 0.2) is 42.5 Å². The number of ether oxygens (including phenoxy) is 2. The van der Waals surface area contributed by atoms with Crippen LogP contribution in [0.3, 0.4) is 0 Å². The second kappa shape index (κ2) is 6.85. The van der Waals surface area contributed by atoms with Crippen molar-refractivity contribution in [2.45, 2.75) is 13.8 Å². The Hall–Kier alpha value is -2.16. The van der Waals surface area contributed by atoms with Crippen molar-refractivity contribution in [1.29, 1.82) is 0 Å². The summed E-state index contributed by atoms with van der Waals surface area (Å²) in [6.45, 7) is 5.54. The molecule has 0 heterocycles. The Bertz CT molecular complexity index is 546. The van der Waals surface area contributed by atoms with Crippen LogP contribution in [0.4, 0.5) is 5.69 Å². The van der Waals surface area contributed by atoms with E-state index < -0.39 is 0 Å². The smallest absolute Gasteiger partial charge is 0.161 e. The van der Waals surface area contributed by atoms with Gasteiger partial charge in [-0.1, -0.05) is 18.2 Å². The van der Waals surface area contributed by atoms with Crippen molar-refractivity contribution in [1.82, 2.24) is 0 Å². The molecule has 0 saturated carbocycles. The first-order valence-electron chi connectivity index (χ1n) is 6.77. The largest absolute Gasteiger partial charge is 0.493 e. The summed E-state index contributed by atoms with van der Waals surface area (Å²) in [6.07, 6.45) is 0. The summed E-state index contributed by atoms with van der Waals surface area (Å²) in [5.74, 6) is 1.54. The van der Waals surface area contributed by atoms with Gasteiger partial charge in [0.25, 0.3) is 0 Å². The first kappa shape index (κ1) is 14.3. The fourth-order valence-corrected chi connectivity index (χ4v) is 2.17. The van der Waals surface area contributed by atoms with Crippen molar-refractivity contribution in [3.8, 4) is 11.5 Å². The fourth-order valence-electron chi connectivity index (χ4n) is 2.17. The third kappa shape index (κ3) is 3.92. The molecule has 2 aromatic rings. The molecule has 0 aromatic heterocycles. The number of methoxy groups -OCH3 is 1. The number of nitrogens with one attached hydrogen (secondary N) is 1. The Morgan fingerprint density at radius 3 is 2.25 bits per heavy atom. The Kier molecular flexibility index (Phi) is 4.88. The molecular weight excluding hydrogens is 250 g/mol. The first-order chi connectivity index (χ1) is 9.69. The van der Waals surface area contributed by atoms with Crippen LogP contribution in [0.2, 0.25) is 0 Å². The highest BCUT2D eigenvalue weighted by molar-refractivity contribution is 5.48. The number of aryl methyl sites for hydroxylation is 2. The lowest BCUT2D eigenvalue weighted by molar-refractivity contribution is 0.306. The van der Waals surface area contributed by atoms with Crippen LogP contribution in [-0.2, 0) is 0 Å². The van der Waals surface area contributed by atoms with Gasteiger partial charge in [-0.15, -0.1) is 0 Å². The maximum absolute atomic E-state index is 5.72. The molecule has 3 nitrogen and oxygen atoms in total. The summed E-state index contributed by atoms with van der Waals surface area (Å²) in [5, 5.41) is 3.37. The summed E-state index contributed by atoms with van der Waals surface area (Å²) in [7, 11) is 1.65. The average molecular weight is 271 g/mol. The van der Waals surface area contributed by atoms with E-state index in [4.69, 9.17) is 9.47 Å². The second-order valence-corrected chi connectivity index (χ2v) is 4.80. The highest BCUT2D eigenvalue weighted by atomic mass is 16.5. The molecule has 2 rings (SSSR count). The van der Waals surface area contributed by atoms with E-state index in [1.165, 1.54) is 11.1 Å². The van der Waals surface area contributed by atoms with Crippen molar-refractivity contribution in [3.05, 3.63) is 53.6 Å². The van der Waals surface area contributed by atoms with Gasteiger partial charge in [0.2, 0.25) is 0 Å². The SMILES string of the molecule is COc1ccccc1OCCNc1cc(C)cc(C)c1. The maximum Gasteiger partial charge on any atom is 0.161 e. The molecule has 20 heavy (non-hydrogen) atoms.